The summed E-state index contributed by atoms with van der Waals surface area (Å²) >= 11 is 8.06. The molecule has 1 fully saturated rings. The summed E-state index contributed by atoms with van der Waals surface area (Å²) < 4.78 is 3.08. The molecule has 124 valence electrons. The van der Waals surface area contributed by atoms with Gasteiger partial charge in [-0.1, -0.05) is 41.3 Å². The maximum Gasteiger partial charge on any atom is 0.231 e. The van der Waals surface area contributed by atoms with Crippen LogP contribution in [0.2, 0.25) is 0 Å². The topological polar surface area (TPSA) is 70.7 Å². The summed E-state index contributed by atoms with van der Waals surface area (Å²) in [6, 6.07) is 11.9. The zero-order valence-electron chi connectivity index (χ0n) is 13.1. The summed E-state index contributed by atoms with van der Waals surface area (Å²) in [5.74, 6) is 0.347. The number of amides is 1. The first kappa shape index (κ1) is 17.1. The molecule has 1 saturated carbocycles. The van der Waals surface area contributed by atoms with Crippen LogP contribution >= 0.6 is 35.3 Å². The molecule has 3 rings (SSSR count). The minimum absolute atomic E-state index is 0.150. The molecule has 1 aromatic carbocycles. The van der Waals surface area contributed by atoms with Crippen LogP contribution in [0.4, 0.5) is 0 Å². The Morgan fingerprint density at radius 1 is 1.54 bits per heavy atom. The number of nitriles is 1. The van der Waals surface area contributed by atoms with Gasteiger partial charge in [0, 0.05) is 0 Å². The van der Waals surface area contributed by atoms with Gasteiger partial charge in [-0.25, -0.2) is 4.68 Å². The lowest BCUT2D eigenvalue weighted by Gasteiger charge is -2.22. The highest BCUT2D eigenvalue weighted by molar-refractivity contribution is 8.01. The number of aromatic nitrogens is 2. The first-order valence-corrected chi connectivity index (χ1v) is 9.73. The van der Waals surface area contributed by atoms with E-state index in [0.717, 1.165) is 22.9 Å². The van der Waals surface area contributed by atoms with E-state index < -0.39 is 5.54 Å². The van der Waals surface area contributed by atoms with Gasteiger partial charge in [0.2, 0.25) is 5.91 Å². The van der Waals surface area contributed by atoms with E-state index >= 15 is 0 Å². The average molecular weight is 377 g/mol. The van der Waals surface area contributed by atoms with Crippen molar-refractivity contribution in [3.8, 4) is 11.8 Å². The first-order chi connectivity index (χ1) is 11.5. The fraction of sp³-hybridized carbons (Fsp3) is 0.375. The van der Waals surface area contributed by atoms with Crippen molar-refractivity contribution in [2.24, 2.45) is 5.92 Å². The molecule has 1 aliphatic rings. The quantitative estimate of drug-likeness (QED) is 0.616. The van der Waals surface area contributed by atoms with Crippen LogP contribution in [0.3, 0.4) is 0 Å². The van der Waals surface area contributed by atoms with Gasteiger partial charge in [0.1, 0.15) is 5.54 Å². The minimum atomic E-state index is -0.756. The fourth-order valence-corrected chi connectivity index (χ4v) is 4.55. The lowest BCUT2D eigenvalue weighted by atomic mass is 9.98. The van der Waals surface area contributed by atoms with Crippen molar-refractivity contribution in [3.63, 3.8) is 0 Å². The monoisotopic (exact) mass is 376 g/mol. The summed E-state index contributed by atoms with van der Waals surface area (Å²) in [5, 5.41) is 16.6. The number of thioether (sulfide) groups is 1. The van der Waals surface area contributed by atoms with Gasteiger partial charge in [0.15, 0.2) is 8.29 Å². The van der Waals surface area contributed by atoms with Gasteiger partial charge >= 0.3 is 0 Å². The van der Waals surface area contributed by atoms with Crippen LogP contribution in [-0.4, -0.2) is 27.0 Å². The molecule has 1 atom stereocenters. The smallest absolute Gasteiger partial charge is 0.231 e. The molecule has 1 aromatic heterocycles. The zero-order chi connectivity index (χ0) is 17.2. The molecule has 1 heterocycles. The Kier molecular flexibility index (Phi) is 5.04. The second-order valence-corrected chi connectivity index (χ2v) is 8.65. The molecule has 1 unspecified atom stereocenters. The number of carbonyl (C=O) groups is 1. The van der Waals surface area contributed by atoms with Gasteiger partial charge in [0.05, 0.1) is 17.5 Å². The van der Waals surface area contributed by atoms with Crippen molar-refractivity contribution in [1.29, 1.82) is 5.26 Å². The van der Waals surface area contributed by atoms with Crippen molar-refractivity contribution >= 4 is 41.2 Å². The second-order valence-electron chi connectivity index (χ2n) is 5.81. The standard InChI is InChI=1S/C16H16N4OS3/c1-16(10-17,11-7-8-11)18-13(21)9-23-14-19-20(15(22)24-14)12-5-3-2-4-6-12/h2-6,11H,7-9H2,1H3,(H,18,21). The summed E-state index contributed by atoms with van der Waals surface area (Å²) in [4.78, 5) is 12.1. The third-order valence-corrected chi connectivity index (χ3v) is 6.25. The molecule has 1 amide bonds. The third-order valence-electron chi connectivity index (χ3n) is 3.88. The number of nitrogens with zero attached hydrogens (tertiary/aromatic N) is 3. The van der Waals surface area contributed by atoms with E-state index in [0.29, 0.717) is 3.95 Å². The normalized spacial score (nSPS) is 16.2. The maximum atomic E-state index is 12.1. The van der Waals surface area contributed by atoms with E-state index in [-0.39, 0.29) is 17.6 Å². The Balaban J connectivity index is 1.62. The number of para-hydroxylation sites is 1. The number of benzene rings is 1. The van der Waals surface area contributed by atoms with E-state index in [1.807, 2.05) is 30.3 Å². The molecule has 0 bridgehead atoms. The zero-order valence-corrected chi connectivity index (χ0v) is 15.5. The minimum Gasteiger partial charge on any atom is -0.337 e. The van der Waals surface area contributed by atoms with Crippen LogP contribution in [0.1, 0.15) is 19.8 Å². The summed E-state index contributed by atoms with van der Waals surface area (Å²) in [5.41, 5.74) is 0.147. The van der Waals surface area contributed by atoms with Crippen LogP contribution in [0.15, 0.2) is 34.7 Å². The molecule has 2 aromatic rings. The molecule has 0 saturated heterocycles. The van der Waals surface area contributed by atoms with Crippen LogP contribution < -0.4 is 5.32 Å². The largest absolute Gasteiger partial charge is 0.337 e. The lowest BCUT2D eigenvalue weighted by molar-refractivity contribution is -0.119. The summed E-state index contributed by atoms with van der Waals surface area (Å²) in [6.07, 6.45) is 2.00. The average Bonchev–Trinajstić information content (AvgIpc) is 3.38. The second kappa shape index (κ2) is 7.05. The number of hydrogen-bond donors (Lipinski definition) is 1. The molecular formula is C16H16N4OS3. The highest BCUT2D eigenvalue weighted by Crippen LogP contribution is 2.39. The molecular weight excluding hydrogens is 360 g/mol. The van der Waals surface area contributed by atoms with E-state index in [2.05, 4.69) is 16.5 Å². The Morgan fingerprint density at radius 2 is 2.25 bits per heavy atom. The van der Waals surface area contributed by atoms with Crippen LogP contribution in [-0.2, 0) is 4.79 Å². The van der Waals surface area contributed by atoms with Gasteiger partial charge in [-0.2, -0.15) is 5.26 Å². The summed E-state index contributed by atoms with van der Waals surface area (Å²) in [6.45, 7) is 1.79. The van der Waals surface area contributed by atoms with E-state index in [9.17, 15) is 10.1 Å². The molecule has 5 nitrogen and oxygen atoms in total. The summed E-state index contributed by atoms with van der Waals surface area (Å²) in [7, 11) is 0. The van der Waals surface area contributed by atoms with E-state index in [1.165, 1.54) is 23.1 Å². The third kappa shape index (κ3) is 3.86. The number of hydrogen-bond acceptors (Lipinski definition) is 6. The fourth-order valence-electron chi connectivity index (χ4n) is 2.39. The maximum absolute atomic E-state index is 12.1. The van der Waals surface area contributed by atoms with Crippen molar-refractivity contribution in [3.05, 3.63) is 34.3 Å². The Morgan fingerprint density at radius 3 is 2.88 bits per heavy atom. The molecule has 8 heteroatoms. The van der Waals surface area contributed by atoms with Crippen LogP contribution in [0.5, 0.6) is 0 Å². The van der Waals surface area contributed by atoms with Gasteiger partial charge < -0.3 is 5.32 Å². The Labute approximate surface area is 153 Å². The molecule has 0 radical (unpaired) electrons. The SMILES string of the molecule is CC(C#N)(NC(=O)CSc1nn(-c2ccccc2)c(=S)s1)C1CC1. The highest BCUT2D eigenvalue weighted by Gasteiger charge is 2.42. The first-order valence-electron chi connectivity index (χ1n) is 7.52. The lowest BCUT2D eigenvalue weighted by Crippen LogP contribution is -2.47. The van der Waals surface area contributed by atoms with Crippen LogP contribution in [0.25, 0.3) is 5.69 Å². The molecule has 0 spiro atoms. The van der Waals surface area contributed by atoms with Crippen molar-refractivity contribution in [1.82, 2.24) is 15.1 Å². The van der Waals surface area contributed by atoms with Gasteiger partial charge in [0.25, 0.3) is 0 Å². The van der Waals surface area contributed by atoms with E-state index in [1.54, 1.807) is 11.6 Å². The van der Waals surface area contributed by atoms with Gasteiger partial charge in [-0.05, 0) is 50.0 Å². The van der Waals surface area contributed by atoms with Crippen molar-refractivity contribution < 1.29 is 4.79 Å². The Bertz CT molecular complexity index is 835. The number of carbonyl (C=O) groups excluding carboxylic acids is 1. The molecule has 1 N–H and O–H groups in total. The van der Waals surface area contributed by atoms with Gasteiger partial charge in [-0.3, -0.25) is 4.79 Å². The van der Waals surface area contributed by atoms with Crippen molar-refractivity contribution in [2.75, 3.05) is 5.75 Å². The van der Waals surface area contributed by atoms with Crippen molar-refractivity contribution in [2.45, 2.75) is 29.6 Å². The number of rotatable bonds is 6. The number of nitrogens with one attached hydrogen (secondary N) is 1. The Hall–Kier alpha value is -1.69. The van der Waals surface area contributed by atoms with Crippen LogP contribution in [0, 0.1) is 21.2 Å². The van der Waals surface area contributed by atoms with E-state index in [4.69, 9.17) is 12.2 Å². The highest BCUT2D eigenvalue weighted by atomic mass is 32.2. The predicted octanol–water partition coefficient (Wildman–Crippen LogP) is 3.56. The predicted molar refractivity (Wildman–Crippen MR) is 97.9 cm³/mol. The van der Waals surface area contributed by atoms with Gasteiger partial charge in [-0.15, -0.1) is 5.10 Å². The molecule has 1 aliphatic carbocycles. The molecule has 24 heavy (non-hydrogen) atoms. The molecule has 0 aliphatic heterocycles.